The molecule has 0 aromatic heterocycles. The van der Waals surface area contributed by atoms with Gasteiger partial charge in [0.25, 0.3) is 0 Å². The lowest BCUT2D eigenvalue weighted by molar-refractivity contribution is -0.136. The van der Waals surface area contributed by atoms with Crippen LogP contribution in [0.4, 0.5) is 11.4 Å². The van der Waals surface area contributed by atoms with E-state index in [4.69, 9.17) is 6.42 Å². The number of nitrogens with zero attached hydrogens (tertiary/aromatic N) is 1. The second-order valence-electron chi connectivity index (χ2n) is 5.50. The minimum atomic E-state index is -0.726. The molecule has 0 aliphatic carbocycles. The molecule has 2 N–H and O–H groups in total. The minimum absolute atomic E-state index is 0.275. The van der Waals surface area contributed by atoms with E-state index in [0.717, 1.165) is 17.8 Å². The van der Waals surface area contributed by atoms with Crippen LogP contribution in [0.25, 0.3) is 0 Å². The van der Waals surface area contributed by atoms with Gasteiger partial charge in [-0.2, -0.15) is 0 Å². The van der Waals surface area contributed by atoms with E-state index in [1.165, 1.54) is 0 Å². The minimum Gasteiger partial charge on any atom is -0.375 e. The van der Waals surface area contributed by atoms with Crippen molar-refractivity contribution in [3.63, 3.8) is 0 Å². The first-order valence-corrected chi connectivity index (χ1v) is 8.00. The molecule has 0 heterocycles. The third kappa shape index (κ3) is 4.85. The predicted octanol–water partition coefficient (Wildman–Crippen LogP) is 2.38. The van der Waals surface area contributed by atoms with Gasteiger partial charge in [0.1, 0.15) is 0 Å². The van der Waals surface area contributed by atoms with Gasteiger partial charge in [-0.1, -0.05) is 30.2 Å². The molecule has 0 unspecified atom stereocenters. The lowest BCUT2D eigenvalue weighted by Gasteiger charge is -2.20. The molecule has 2 rings (SSSR count). The van der Waals surface area contributed by atoms with Gasteiger partial charge < -0.3 is 15.5 Å². The molecular formula is C20H21N3O2. The molecule has 0 saturated heterocycles. The van der Waals surface area contributed by atoms with E-state index >= 15 is 0 Å². The molecule has 128 valence electrons. The van der Waals surface area contributed by atoms with Crippen LogP contribution in [0, 0.1) is 12.3 Å². The Bertz CT molecular complexity index is 809. The highest BCUT2D eigenvalue weighted by molar-refractivity contribution is 6.39. The molecule has 0 radical (unpaired) electrons. The van der Waals surface area contributed by atoms with Crippen LogP contribution in [0.5, 0.6) is 0 Å². The summed E-state index contributed by atoms with van der Waals surface area (Å²) >= 11 is 0. The smallest absolute Gasteiger partial charge is 0.313 e. The van der Waals surface area contributed by atoms with Crippen molar-refractivity contribution in [2.24, 2.45) is 0 Å². The Labute approximate surface area is 148 Å². The van der Waals surface area contributed by atoms with Crippen LogP contribution in [0.2, 0.25) is 0 Å². The van der Waals surface area contributed by atoms with Crippen LogP contribution in [0.1, 0.15) is 18.1 Å². The molecule has 0 saturated carbocycles. The molecule has 0 fully saturated rings. The summed E-state index contributed by atoms with van der Waals surface area (Å²) in [6.07, 6.45) is 5.33. The topological polar surface area (TPSA) is 61.4 Å². The molecule has 0 aliphatic heterocycles. The van der Waals surface area contributed by atoms with Crippen molar-refractivity contribution in [2.45, 2.75) is 13.5 Å². The second-order valence-corrected chi connectivity index (χ2v) is 5.50. The SMILES string of the molecule is C#Cc1cccc(NC(=O)C(=O)NCc2ccccc2N(C)CC)c1. The Balaban J connectivity index is 1.98. The van der Waals surface area contributed by atoms with Gasteiger partial charge in [-0.15, -0.1) is 6.42 Å². The summed E-state index contributed by atoms with van der Waals surface area (Å²) in [6, 6.07) is 14.5. The largest absolute Gasteiger partial charge is 0.375 e. The van der Waals surface area contributed by atoms with Gasteiger partial charge in [0.05, 0.1) is 0 Å². The zero-order valence-corrected chi connectivity index (χ0v) is 14.4. The number of amides is 2. The van der Waals surface area contributed by atoms with Gasteiger partial charge in [0, 0.05) is 37.1 Å². The number of carbonyl (C=O) groups is 2. The number of hydrogen-bond donors (Lipinski definition) is 2. The van der Waals surface area contributed by atoms with E-state index in [1.54, 1.807) is 24.3 Å². The second kappa shape index (κ2) is 8.55. The van der Waals surface area contributed by atoms with Crippen LogP contribution >= 0.6 is 0 Å². The third-order valence-corrected chi connectivity index (χ3v) is 3.81. The number of benzene rings is 2. The molecule has 0 aliphatic rings. The van der Waals surface area contributed by atoms with Gasteiger partial charge in [-0.05, 0) is 36.8 Å². The van der Waals surface area contributed by atoms with E-state index in [1.807, 2.05) is 38.2 Å². The normalized spacial score (nSPS) is 9.80. The Morgan fingerprint density at radius 2 is 1.88 bits per heavy atom. The molecule has 25 heavy (non-hydrogen) atoms. The van der Waals surface area contributed by atoms with Gasteiger partial charge in [0.2, 0.25) is 0 Å². The van der Waals surface area contributed by atoms with Crippen LogP contribution in [-0.2, 0) is 16.1 Å². The fourth-order valence-electron chi connectivity index (χ4n) is 2.33. The van der Waals surface area contributed by atoms with E-state index in [0.29, 0.717) is 11.3 Å². The number of anilines is 2. The summed E-state index contributed by atoms with van der Waals surface area (Å²) in [7, 11) is 1.98. The highest BCUT2D eigenvalue weighted by Crippen LogP contribution is 2.18. The first-order valence-electron chi connectivity index (χ1n) is 8.00. The summed E-state index contributed by atoms with van der Waals surface area (Å²) in [6.45, 7) is 3.17. The van der Waals surface area contributed by atoms with Crippen molar-refractivity contribution in [3.8, 4) is 12.3 Å². The predicted molar refractivity (Wildman–Crippen MR) is 100 cm³/mol. The maximum Gasteiger partial charge on any atom is 0.313 e. The number of terminal acetylenes is 1. The summed E-state index contributed by atoms with van der Waals surface area (Å²) in [5.41, 5.74) is 3.09. The molecule has 5 heteroatoms. The monoisotopic (exact) mass is 335 g/mol. The summed E-state index contributed by atoms with van der Waals surface area (Å²) in [5, 5.41) is 5.19. The maximum absolute atomic E-state index is 12.0. The Kier molecular flexibility index (Phi) is 6.19. The fourth-order valence-corrected chi connectivity index (χ4v) is 2.33. The molecule has 2 amide bonds. The van der Waals surface area contributed by atoms with E-state index in [9.17, 15) is 9.59 Å². The lowest BCUT2D eigenvalue weighted by atomic mass is 10.1. The van der Waals surface area contributed by atoms with Crippen molar-refractivity contribution in [1.29, 1.82) is 0 Å². The van der Waals surface area contributed by atoms with E-state index in [-0.39, 0.29) is 6.54 Å². The average Bonchev–Trinajstić information content (AvgIpc) is 2.65. The van der Waals surface area contributed by atoms with Gasteiger partial charge in [0.15, 0.2) is 0 Å². The Morgan fingerprint density at radius 3 is 2.60 bits per heavy atom. The van der Waals surface area contributed by atoms with Crippen molar-refractivity contribution in [1.82, 2.24) is 5.32 Å². The molecule has 2 aromatic carbocycles. The van der Waals surface area contributed by atoms with Gasteiger partial charge in [-0.25, -0.2) is 0 Å². The highest BCUT2D eigenvalue weighted by atomic mass is 16.2. The van der Waals surface area contributed by atoms with Crippen molar-refractivity contribution in [3.05, 3.63) is 59.7 Å². The summed E-state index contributed by atoms with van der Waals surface area (Å²) in [4.78, 5) is 26.1. The van der Waals surface area contributed by atoms with Crippen LogP contribution < -0.4 is 15.5 Å². The van der Waals surface area contributed by atoms with Crippen LogP contribution in [0.15, 0.2) is 48.5 Å². The molecule has 0 atom stereocenters. The maximum atomic E-state index is 12.0. The van der Waals surface area contributed by atoms with Crippen molar-refractivity contribution >= 4 is 23.2 Å². The fraction of sp³-hybridized carbons (Fsp3) is 0.200. The van der Waals surface area contributed by atoms with Crippen molar-refractivity contribution < 1.29 is 9.59 Å². The first-order chi connectivity index (χ1) is 12.0. The van der Waals surface area contributed by atoms with Gasteiger partial charge >= 0.3 is 11.8 Å². The first kappa shape index (κ1) is 18.1. The average molecular weight is 335 g/mol. The molecule has 0 spiro atoms. The Morgan fingerprint density at radius 1 is 1.12 bits per heavy atom. The Hall–Kier alpha value is -3.26. The lowest BCUT2D eigenvalue weighted by Crippen LogP contribution is -2.35. The zero-order chi connectivity index (χ0) is 18.2. The van der Waals surface area contributed by atoms with Gasteiger partial charge in [-0.3, -0.25) is 9.59 Å². The number of hydrogen-bond acceptors (Lipinski definition) is 3. The summed E-state index contributed by atoms with van der Waals surface area (Å²) in [5.74, 6) is 1.06. The van der Waals surface area contributed by atoms with E-state index in [2.05, 4.69) is 21.5 Å². The number of rotatable bonds is 5. The van der Waals surface area contributed by atoms with Crippen LogP contribution in [0.3, 0.4) is 0 Å². The standard InChI is InChI=1S/C20H21N3O2/c1-4-15-9-8-11-17(13-15)22-20(25)19(24)21-14-16-10-6-7-12-18(16)23(3)5-2/h1,6-13H,5,14H2,2-3H3,(H,21,24)(H,22,25). The summed E-state index contributed by atoms with van der Waals surface area (Å²) < 4.78 is 0. The number of para-hydroxylation sites is 1. The molecular weight excluding hydrogens is 314 g/mol. The number of nitrogens with one attached hydrogen (secondary N) is 2. The highest BCUT2D eigenvalue weighted by Gasteiger charge is 2.14. The number of carbonyl (C=O) groups excluding carboxylic acids is 2. The zero-order valence-electron chi connectivity index (χ0n) is 14.4. The molecule has 2 aromatic rings. The van der Waals surface area contributed by atoms with Crippen LogP contribution in [-0.4, -0.2) is 25.4 Å². The molecule has 5 nitrogen and oxygen atoms in total. The third-order valence-electron chi connectivity index (χ3n) is 3.81. The molecule has 0 bridgehead atoms. The van der Waals surface area contributed by atoms with Crippen molar-refractivity contribution in [2.75, 3.05) is 23.8 Å². The quantitative estimate of drug-likeness (QED) is 0.651. The van der Waals surface area contributed by atoms with E-state index < -0.39 is 11.8 Å².